The zero-order valence-electron chi connectivity index (χ0n) is 19.5. The fourth-order valence-corrected chi connectivity index (χ4v) is 5.91. The summed E-state index contributed by atoms with van der Waals surface area (Å²) < 4.78 is 27.4. The average Bonchev–Trinajstić information content (AvgIpc) is 3.09. The van der Waals surface area contributed by atoms with Crippen LogP contribution in [-0.4, -0.2) is 57.3 Å². The number of sulfonamides is 1. The Morgan fingerprint density at radius 3 is 2.27 bits per heavy atom. The van der Waals surface area contributed by atoms with E-state index in [9.17, 15) is 13.2 Å². The van der Waals surface area contributed by atoms with Crippen LogP contribution in [0.4, 0.5) is 0 Å². The van der Waals surface area contributed by atoms with Gasteiger partial charge in [-0.2, -0.15) is 4.31 Å². The summed E-state index contributed by atoms with van der Waals surface area (Å²) in [4.78, 5) is 14.8. The summed E-state index contributed by atoms with van der Waals surface area (Å²) in [5.74, 6) is -0.0461. The van der Waals surface area contributed by atoms with E-state index in [1.54, 1.807) is 16.4 Å². The van der Waals surface area contributed by atoms with E-state index in [0.29, 0.717) is 42.4 Å². The summed E-state index contributed by atoms with van der Waals surface area (Å²) in [6, 6.07) is 14.6. The number of rotatable bonds is 9. The fourth-order valence-electron chi connectivity index (χ4n) is 4.13. The predicted molar refractivity (Wildman–Crippen MR) is 133 cm³/mol. The van der Waals surface area contributed by atoms with Crippen molar-refractivity contribution in [2.75, 3.05) is 33.7 Å². The molecule has 1 atom stereocenters. The van der Waals surface area contributed by atoms with E-state index in [-0.39, 0.29) is 11.9 Å². The van der Waals surface area contributed by atoms with Crippen LogP contribution in [0.2, 0.25) is 5.02 Å². The minimum absolute atomic E-state index is 0.0221. The number of likely N-dealkylation sites (N-methyl/N-ethyl adjacent to an activating group) is 1. The Labute approximate surface area is 203 Å². The summed E-state index contributed by atoms with van der Waals surface area (Å²) in [6.45, 7) is 1.64. The minimum atomic E-state index is -3.45. The van der Waals surface area contributed by atoms with E-state index in [0.717, 1.165) is 36.8 Å². The summed E-state index contributed by atoms with van der Waals surface area (Å²) in [5.41, 5.74) is 1.92. The SMILES string of the molecule is CN(C)C(CNC(=O)CCc1ccc(S(=O)(=O)N2CCCCCC2)cc1)c1ccccc1Cl. The highest BCUT2D eigenvalue weighted by atomic mass is 35.5. The Kier molecular flexibility index (Phi) is 9.32. The van der Waals surface area contributed by atoms with Gasteiger partial charge < -0.3 is 10.2 Å². The molecule has 1 heterocycles. The van der Waals surface area contributed by atoms with Crippen molar-refractivity contribution in [1.29, 1.82) is 0 Å². The molecule has 1 amide bonds. The summed E-state index contributed by atoms with van der Waals surface area (Å²) in [7, 11) is 0.468. The number of aryl methyl sites for hydroxylation is 1. The van der Waals surface area contributed by atoms with Gasteiger partial charge >= 0.3 is 0 Å². The molecule has 180 valence electrons. The maximum atomic E-state index is 12.9. The number of hydrogen-bond donors (Lipinski definition) is 1. The Morgan fingerprint density at radius 2 is 1.67 bits per heavy atom. The van der Waals surface area contributed by atoms with Gasteiger partial charge in [0.25, 0.3) is 0 Å². The molecule has 0 bridgehead atoms. The molecular formula is C25H34ClN3O3S. The van der Waals surface area contributed by atoms with Crippen LogP contribution in [0.1, 0.15) is 49.3 Å². The van der Waals surface area contributed by atoms with Gasteiger partial charge in [-0.1, -0.05) is 54.8 Å². The standard InChI is InChI=1S/C25H34ClN3O3S/c1-28(2)24(22-9-5-6-10-23(22)26)19-27-25(30)16-13-20-11-14-21(15-12-20)33(31,32)29-17-7-3-4-8-18-29/h5-6,9-12,14-15,24H,3-4,7-8,13,16-19H2,1-2H3,(H,27,30). The van der Waals surface area contributed by atoms with Crippen LogP contribution in [-0.2, 0) is 21.2 Å². The second kappa shape index (κ2) is 12.0. The third kappa shape index (κ3) is 7.03. The van der Waals surface area contributed by atoms with Gasteiger partial charge in [-0.05, 0) is 62.7 Å². The van der Waals surface area contributed by atoms with Crippen LogP contribution in [0.15, 0.2) is 53.4 Å². The molecule has 2 aromatic carbocycles. The molecule has 1 unspecified atom stereocenters. The Balaban J connectivity index is 1.53. The van der Waals surface area contributed by atoms with Crippen molar-refractivity contribution >= 4 is 27.5 Å². The van der Waals surface area contributed by atoms with Crippen molar-refractivity contribution in [3.63, 3.8) is 0 Å². The number of halogens is 1. The van der Waals surface area contributed by atoms with Crippen LogP contribution in [0.3, 0.4) is 0 Å². The predicted octanol–water partition coefficient (Wildman–Crippen LogP) is 4.26. The van der Waals surface area contributed by atoms with Gasteiger partial charge in [-0.15, -0.1) is 0 Å². The van der Waals surface area contributed by atoms with Gasteiger partial charge in [0, 0.05) is 31.1 Å². The number of amides is 1. The van der Waals surface area contributed by atoms with Gasteiger partial charge in [-0.3, -0.25) is 4.79 Å². The molecule has 6 nitrogen and oxygen atoms in total. The summed E-state index contributed by atoms with van der Waals surface area (Å²) in [5, 5.41) is 3.68. The molecule has 1 fully saturated rings. The third-order valence-electron chi connectivity index (χ3n) is 6.15. The molecule has 33 heavy (non-hydrogen) atoms. The quantitative estimate of drug-likeness (QED) is 0.569. The normalized spacial score (nSPS) is 16.4. The lowest BCUT2D eigenvalue weighted by Gasteiger charge is -2.26. The van der Waals surface area contributed by atoms with Crippen LogP contribution < -0.4 is 5.32 Å². The first-order valence-corrected chi connectivity index (χ1v) is 13.4. The first-order valence-electron chi connectivity index (χ1n) is 11.6. The van der Waals surface area contributed by atoms with E-state index < -0.39 is 10.0 Å². The Bertz CT molecular complexity index is 1020. The van der Waals surface area contributed by atoms with Gasteiger partial charge in [0.15, 0.2) is 0 Å². The van der Waals surface area contributed by atoms with E-state index >= 15 is 0 Å². The van der Waals surface area contributed by atoms with Gasteiger partial charge in [0.2, 0.25) is 15.9 Å². The second-order valence-corrected chi connectivity index (χ2v) is 11.1. The number of benzene rings is 2. The highest BCUT2D eigenvalue weighted by Gasteiger charge is 2.25. The maximum absolute atomic E-state index is 12.9. The zero-order chi connectivity index (χ0) is 23.8. The molecule has 1 saturated heterocycles. The number of carbonyl (C=O) groups excluding carboxylic acids is 1. The lowest BCUT2D eigenvalue weighted by atomic mass is 10.1. The lowest BCUT2D eigenvalue weighted by Crippen LogP contribution is -2.34. The topological polar surface area (TPSA) is 69.7 Å². The largest absolute Gasteiger partial charge is 0.354 e. The molecule has 1 N–H and O–H groups in total. The Hall–Kier alpha value is -1.93. The molecule has 0 saturated carbocycles. The van der Waals surface area contributed by atoms with Crippen molar-refractivity contribution < 1.29 is 13.2 Å². The monoisotopic (exact) mass is 491 g/mol. The number of nitrogens with zero attached hydrogens (tertiary/aromatic N) is 2. The van der Waals surface area contributed by atoms with Crippen molar-refractivity contribution in [3.05, 3.63) is 64.7 Å². The van der Waals surface area contributed by atoms with Gasteiger partial charge in [0.05, 0.1) is 10.9 Å². The molecule has 0 spiro atoms. The third-order valence-corrected chi connectivity index (χ3v) is 8.40. The molecule has 1 aliphatic heterocycles. The zero-order valence-corrected chi connectivity index (χ0v) is 21.0. The van der Waals surface area contributed by atoms with E-state index in [1.165, 1.54) is 0 Å². The molecule has 1 aliphatic rings. The first kappa shape index (κ1) is 25.7. The van der Waals surface area contributed by atoms with Crippen LogP contribution in [0, 0.1) is 0 Å². The summed E-state index contributed by atoms with van der Waals surface area (Å²) >= 11 is 6.34. The van der Waals surface area contributed by atoms with E-state index in [1.807, 2.05) is 55.4 Å². The molecule has 3 rings (SSSR count). The minimum Gasteiger partial charge on any atom is -0.354 e. The number of nitrogens with one attached hydrogen (secondary N) is 1. The van der Waals surface area contributed by atoms with E-state index in [4.69, 9.17) is 11.6 Å². The molecule has 0 radical (unpaired) electrons. The van der Waals surface area contributed by atoms with Crippen LogP contribution >= 0.6 is 11.6 Å². The maximum Gasteiger partial charge on any atom is 0.243 e. The Morgan fingerprint density at radius 1 is 1.03 bits per heavy atom. The van der Waals surface area contributed by atoms with Crippen molar-refractivity contribution in [2.45, 2.75) is 49.5 Å². The molecule has 8 heteroatoms. The molecular weight excluding hydrogens is 458 g/mol. The highest BCUT2D eigenvalue weighted by molar-refractivity contribution is 7.89. The van der Waals surface area contributed by atoms with Crippen molar-refractivity contribution in [3.8, 4) is 0 Å². The molecule has 0 aliphatic carbocycles. The highest BCUT2D eigenvalue weighted by Crippen LogP contribution is 2.25. The molecule has 2 aromatic rings. The van der Waals surface area contributed by atoms with Crippen molar-refractivity contribution in [2.24, 2.45) is 0 Å². The van der Waals surface area contributed by atoms with Crippen LogP contribution in [0.25, 0.3) is 0 Å². The fraction of sp³-hybridized carbons (Fsp3) is 0.480. The van der Waals surface area contributed by atoms with Crippen molar-refractivity contribution in [1.82, 2.24) is 14.5 Å². The number of carbonyl (C=O) groups is 1. The first-order chi connectivity index (χ1) is 15.8. The average molecular weight is 492 g/mol. The lowest BCUT2D eigenvalue weighted by molar-refractivity contribution is -0.121. The molecule has 0 aromatic heterocycles. The van der Waals surface area contributed by atoms with Gasteiger partial charge in [0.1, 0.15) is 0 Å². The second-order valence-electron chi connectivity index (χ2n) is 8.77. The smallest absolute Gasteiger partial charge is 0.243 e. The van der Waals surface area contributed by atoms with E-state index in [2.05, 4.69) is 5.32 Å². The van der Waals surface area contributed by atoms with Crippen LogP contribution in [0.5, 0.6) is 0 Å². The number of hydrogen-bond acceptors (Lipinski definition) is 4. The van der Waals surface area contributed by atoms with Gasteiger partial charge in [-0.25, -0.2) is 8.42 Å². The summed E-state index contributed by atoms with van der Waals surface area (Å²) in [6.07, 6.45) is 4.88.